The molecule has 0 bridgehead atoms. The van der Waals surface area contributed by atoms with E-state index >= 15 is 0 Å². The first-order valence-electron chi connectivity index (χ1n) is 9.18. The number of morpholine rings is 1. The first kappa shape index (κ1) is 19.3. The zero-order valence-electron chi connectivity index (χ0n) is 15.4. The summed E-state index contributed by atoms with van der Waals surface area (Å²) in [7, 11) is -3.48. The number of carbonyl (C=O) groups excluding carboxylic acids is 1. The van der Waals surface area contributed by atoms with Crippen LogP contribution < -0.4 is 4.90 Å². The fourth-order valence-corrected chi connectivity index (χ4v) is 5.22. The smallest absolute Gasteiger partial charge is 0.277 e. The Morgan fingerprint density at radius 3 is 2.23 bits per heavy atom. The molecule has 2 saturated heterocycles. The predicted octanol–water partition coefficient (Wildman–Crippen LogP) is -0.788. The van der Waals surface area contributed by atoms with E-state index in [-0.39, 0.29) is 18.1 Å². The summed E-state index contributed by atoms with van der Waals surface area (Å²) in [5.41, 5.74) is 0. The molecule has 144 valence electrons. The van der Waals surface area contributed by atoms with Crippen molar-refractivity contribution >= 4 is 15.9 Å². The van der Waals surface area contributed by atoms with Gasteiger partial charge in [-0.2, -0.15) is 4.31 Å². The van der Waals surface area contributed by atoms with Gasteiger partial charge in [-0.15, -0.1) is 0 Å². The van der Waals surface area contributed by atoms with Crippen molar-refractivity contribution in [2.24, 2.45) is 0 Å². The number of nitrogens with one attached hydrogen (secondary N) is 1. The number of hydrogen-bond acceptors (Lipinski definition) is 4. The minimum absolute atomic E-state index is 0.0954. The Labute approximate surface area is 155 Å². The van der Waals surface area contributed by atoms with E-state index in [1.165, 1.54) is 9.21 Å². The van der Waals surface area contributed by atoms with Crippen molar-refractivity contribution in [3.63, 3.8) is 0 Å². The molecule has 0 unspecified atom stereocenters. The average molecular weight is 383 g/mol. The van der Waals surface area contributed by atoms with Crippen molar-refractivity contribution in [1.29, 1.82) is 0 Å². The van der Waals surface area contributed by atoms with E-state index in [4.69, 9.17) is 4.74 Å². The van der Waals surface area contributed by atoms with Crippen LogP contribution in [-0.4, -0.2) is 81.6 Å². The first-order chi connectivity index (χ1) is 12.4. The van der Waals surface area contributed by atoms with Crippen LogP contribution >= 0.6 is 0 Å². The molecule has 2 heterocycles. The number of hydrogen-bond donors (Lipinski definition) is 1. The lowest BCUT2D eigenvalue weighted by Gasteiger charge is -2.36. The molecule has 0 saturated carbocycles. The molecule has 1 N–H and O–H groups in total. The van der Waals surface area contributed by atoms with Crippen LogP contribution in [0.3, 0.4) is 0 Å². The minimum Gasteiger partial charge on any atom is -0.364 e. The highest BCUT2D eigenvalue weighted by Gasteiger charge is 2.33. The SMILES string of the molecule is C[C@H]1C[NH+](CC(=O)N2CCN(S(=O)(=O)c3ccccc3)CC2)C[C@H](C)O1. The quantitative estimate of drug-likeness (QED) is 0.741. The number of benzene rings is 1. The van der Waals surface area contributed by atoms with E-state index in [0.29, 0.717) is 37.6 Å². The summed E-state index contributed by atoms with van der Waals surface area (Å²) in [5.74, 6) is 0.0954. The number of amides is 1. The molecule has 1 aromatic rings. The van der Waals surface area contributed by atoms with Gasteiger partial charge in [0, 0.05) is 26.2 Å². The highest BCUT2D eigenvalue weighted by molar-refractivity contribution is 7.89. The van der Waals surface area contributed by atoms with Crippen molar-refractivity contribution in [3.8, 4) is 0 Å². The van der Waals surface area contributed by atoms with E-state index < -0.39 is 10.0 Å². The number of piperazine rings is 1. The van der Waals surface area contributed by atoms with Gasteiger partial charge in [0.2, 0.25) is 10.0 Å². The van der Waals surface area contributed by atoms with Crippen LogP contribution in [0.2, 0.25) is 0 Å². The molecule has 0 spiro atoms. The number of quaternary nitrogens is 1. The van der Waals surface area contributed by atoms with E-state index in [1.807, 2.05) is 13.8 Å². The van der Waals surface area contributed by atoms with Gasteiger partial charge in [0.05, 0.1) is 4.90 Å². The normalized spacial score (nSPS) is 28.1. The second-order valence-electron chi connectivity index (χ2n) is 7.19. The minimum atomic E-state index is -3.48. The fourth-order valence-electron chi connectivity index (χ4n) is 3.78. The monoisotopic (exact) mass is 382 g/mol. The summed E-state index contributed by atoms with van der Waals surface area (Å²) in [6.45, 7) is 7.75. The molecular formula is C18H28N3O4S+. The highest BCUT2D eigenvalue weighted by Crippen LogP contribution is 2.17. The van der Waals surface area contributed by atoms with Gasteiger partial charge in [0.15, 0.2) is 6.54 Å². The van der Waals surface area contributed by atoms with E-state index in [9.17, 15) is 13.2 Å². The lowest BCUT2D eigenvalue weighted by atomic mass is 10.2. The van der Waals surface area contributed by atoms with Crippen LogP contribution in [0.25, 0.3) is 0 Å². The molecule has 2 atom stereocenters. The summed E-state index contributed by atoms with van der Waals surface area (Å²) < 4.78 is 32.5. The third kappa shape index (κ3) is 4.43. The van der Waals surface area contributed by atoms with Gasteiger partial charge in [0.1, 0.15) is 25.3 Å². The summed E-state index contributed by atoms with van der Waals surface area (Å²) in [6.07, 6.45) is 0.323. The number of carbonyl (C=O) groups is 1. The van der Waals surface area contributed by atoms with Crippen LogP contribution in [0.15, 0.2) is 35.2 Å². The Hall–Kier alpha value is -1.48. The average Bonchev–Trinajstić information content (AvgIpc) is 2.61. The molecule has 3 rings (SSSR count). The molecule has 1 amide bonds. The summed E-state index contributed by atoms with van der Waals surface area (Å²) in [6, 6.07) is 8.46. The Balaban J connectivity index is 1.54. The Morgan fingerprint density at radius 2 is 1.65 bits per heavy atom. The molecule has 8 heteroatoms. The third-order valence-corrected chi connectivity index (χ3v) is 6.90. The van der Waals surface area contributed by atoms with Crippen LogP contribution in [0.5, 0.6) is 0 Å². The Bertz CT molecular complexity index is 707. The van der Waals surface area contributed by atoms with Gasteiger partial charge < -0.3 is 14.5 Å². The van der Waals surface area contributed by atoms with Gasteiger partial charge >= 0.3 is 0 Å². The van der Waals surface area contributed by atoms with Crippen molar-refractivity contribution in [2.45, 2.75) is 31.0 Å². The lowest BCUT2D eigenvalue weighted by Crippen LogP contribution is -3.16. The molecule has 2 aliphatic heterocycles. The van der Waals surface area contributed by atoms with Crippen molar-refractivity contribution in [1.82, 2.24) is 9.21 Å². The molecular weight excluding hydrogens is 354 g/mol. The van der Waals surface area contributed by atoms with Crippen LogP contribution in [0.1, 0.15) is 13.8 Å². The molecule has 7 nitrogen and oxygen atoms in total. The third-order valence-electron chi connectivity index (χ3n) is 4.99. The highest BCUT2D eigenvalue weighted by atomic mass is 32.2. The molecule has 0 aliphatic carbocycles. The zero-order valence-corrected chi connectivity index (χ0v) is 16.2. The van der Waals surface area contributed by atoms with Gasteiger partial charge in [-0.05, 0) is 26.0 Å². The maximum absolute atomic E-state index is 12.7. The van der Waals surface area contributed by atoms with Gasteiger partial charge in [-0.1, -0.05) is 18.2 Å². The van der Waals surface area contributed by atoms with E-state index in [1.54, 1.807) is 35.2 Å². The summed E-state index contributed by atoms with van der Waals surface area (Å²) >= 11 is 0. The molecule has 26 heavy (non-hydrogen) atoms. The number of nitrogens with zero attached hydrogens (tertiary/aromatic N) is 2. The Morgan fingerprint density at radius 1 is 1.08 bits per heavy atom. The fraction of sp³-hybridized carbons (Fsp3) is 0.611. The second kappa shape index (κ2) is 8.04. The van der Waals surface area contributed by atoms with E-state index in [0.717, 1.165) is 13.1 Å². The van der Waals surface area contributed by atoms with Gasteiger partial charge in [-0.3, -0.25) is 4.79 Å². The maximum atomic E-state index is 12.7. The predicted molar refractivity (Wildman–Crippen MR) is 97.4 cm³/mol. The topological polar surface area (TPSA) is 71.4 Å². The lowest BCUT2D eigenvalue weighted by molar-refractivity contribution is -0.907. The Kier molecular flexibility index (Phi) is 5.96. The van der Waals surface area contributed by atoms with Crippen molar-refractivity contribution in [3.05, 3.63) is 30.3 Å². The summed E-state index contributed by atoms with van der Waals surface area (Å²) in [4.78, 5) is 15.9. The van der Waals surface area contributed by atoms with Crippen LogP contribution in [0.4, 0.5) is 0 Å². The van der Waals surface area contributed by atoms with Crippen LogP contribution in [0, 0.1) is 0 Å². The van der Waals surface area contributed by atoms with Crippen molar-refractivity contribution in [2.75, 3.05) is 45.8 Å². The molecule has 2 fully saturated rings. The largest absolute Gasteiger partial charge is 0.364 e. The molecule has 0 radical (unpaired) electrons. The molecule has 1 aromatic carbocycles. The standard InChI is InChI=1S/C18H27N3O4S/c1-15-12-19(13-16(2)25-15)14-18(22)20-8-10-21(11-9-20)26(23,24)17-6-4-3-5-7-17/h3-7,15-16H,8-14H2,1-2H3/p+1/t15-,16-/m0/s1. The number of ether oxygens (including phenoxy) is 1. The molecule has 0 aromatic heterocycles. The number of rotatable bonds is 4. The second-order valence-corrected chi connectivity index (χ2v) is 9.13. The van der Waals surface area contributed by atoms with E-state index in [2.05, 4.69) is 0 Å². The maximum Gasteiger partial charge on any atom is 0.277 e. The van der Waals surface area contributed by atoms with Crippen molar-refractivity contribution < 1.29 is 22.8 Å². The van der Waals surface area contributed by atoms with Gasteiger partial charge in [0.25, 0.3) is 5.91 Å². The summed E-state index contributed by atoms with van der Waals surface area (Å²) in [5, 5.41) is 0. The van der Waals surface area contributed by atoms with Gasteiger partial charge in [-0.25, -0.2) is 8.42 Å². The zero-order chi connectivity index (χ0) is 18.7. The molecule has 2 aliphatic rings. The number of sulfonamides is 1. The first-order valence-corrected chi connectivity index (χ1v) is 10.6. The van der Waals surface area contributed by atoms with Crippen LogP contribution in [-0.2, 0) is 19.6 Å².